The summed E-state index contributed by atoms with van der Waals surface area (Å²) in [5, 5.41) is 1.69. The van der Waals surface area contributed by atoms with Gasteiger partial charge < -0.3 is 9.30 Å². The van der Waals surface area contributed by atoms with Crippen LogP contribution in [0.25, 0.3) is 16.9 Å². The molecule has 3 heterocycles. The minimum absolute atomic E-state index is 0.792. The molecule has 0 amide bonds. The molecular weight excluding hydrogens is 388 g/mol. The highest BCUT2D eigenvalue weighted by Gasteiger charge is 2.27. The van der Waals surface area contributed by atoms with Gasteiger partial charge in [0, 0.05) is 66.2 Å². The maximum absolute atomic E-state index is 6.36. The lowest BCUT2D eigenvalue weighted by Crippen LogP contribution is -2.43. The molecule has 0 unspecified atom stereocenters. The summed E-state index contributed by atoms with van der Waals surface area (Å²) in [5.41, 5.74) is 6.63. The van der Waals surface area contributed by atoms with E-state index in [1.165, 1.54) is 24.1 Å². The van der Waals surface area contributed by atoms with Gasteiger partial charge in [-0.1, -0.05) is 29.6 Å². The van der Waals surface area contributed by atoms with Crippen LogP contribution in [0, 0.1) is 13.8 Å². The third kappa shape index (κ3) is 3.63. The predicted molar refractivity (Wildman–Crippen MR) is 120 cm³/mol. The van der Waals surface area contributed by atoms with Crippen molar-refractivity contribution in [3.8, 4) is 11.3 Å². The van der Waals surface area contributed by atoms with E-state index >= 15 is 0 Å². The monoisotopic (exact) mass is 412 g/mol. The molecule has 0 radical (unpaired) electrons. The Balaban J connectivity index is 1.37. The Kier molecular flexibility index (Phi) is 4.77. The summed E-state index contributed by atoms with van der Waals surface area (Å²) >= 11 is 8.43. The quantitative estimate of drug-likeness (QED) is 0.549. The van der Waals surface area contributed by atoms with Crippen LogP contribution >= 0.6 is 23.5 Å². The van der Waals surface area contributed by atoms with Crippen LogP contribution in [-0.2, 0) is 0 Å². The van der Waals surface area contributed by atoms with Crippen molar-refractivity contribution in [1.82, 2.24) is 13.7 Å². The first-order valence-electron chi connectivity index (χ1n) is 9.99. The number of piperazine rings is 1. The highest BCUT2D eigenvalue weighted by atomic mass is 35.5. The standard InChI is InChI=1S/C22H25ClN4S/c1-15-11-16(2)20(23)13-19(15)21-14-26-6-5-17(12-22(26)24-21)25-7-9-27(10-8-25)28-18-3-4-18/h5-6,11-14,18H,3-4,7-10H2,1-2H3. The Morgan fingerprint density at radius 3 is 2.57 bits per heavy atom. The van der Waals surface area contributed by atoms with Crippen LogP contribution in [0.2, 0.25) is 5.02 Å². The van der Waals surface area contributed by atoms with Crippen LogP contribution in [-0.4, -0.2) is 45.1 Å². The fraction of sp³-hybridized carbons (Fsp3) is 0.409. The average Bonchev–Trinajstić information content (AvgIpc) is 3.40. The van der Waals surface area contributed by atoms with Crippen molar-refractivity contribution < 1.29 is 0 Å². The molecule has 2 aliphatic rings. The van der Waals surface area contributed by atoms with E-state index in [0.717, 1.165) is 58.9 Å². The Morgan fingerprint density at radius 2 is 1.82 bits per heavy atom. The number of hydrogen-bond acceptors (Lipinski definition) is 4. The SMILES string of the molecule is Cc1cc(C)c(-c2cn3ccc(N4CCN(SC5CC5)CC4)cc3n2)cc1Cl. The molecule has 2 fully saturated rings. The zero-order valence-corrected chi connectivity index (χ0v) is 17.9. The van der Waals surface area contributed by atoms with E-state index in [1.54, 1.807) is 0 Å². The van der Waals surface area contributed by atoms with Gasteiger partial charge in [0.15, 0.2) is 0 Å². The number of imidazole rings is 1. The Bertz CT molecular complexity index is 1020. The number of rotatable bonds is 4. The van der Waals surface area contributed by atoms with E-state index in [4.69, 9.17) is 16.6 Å². The zero-order valence-electron chi connectivity index (χ0n) is 16.4. The minimum Gasteiger partial charge on any atom is -0.369 e. The molecule has 6 heteroatoms. The first-order chi connectivity index (χ1) is 13.6. The molecule has 1 aliphatic heterocycles. The van der Waals surface area contributed by atoms with Crippen molar-refractivity contribution >= 4 is 34.9 Å². The van der Waals surface area contributed by atoms with Gasteiger partial charge in [-0.3, -0.25) is 0 Å². The molecule has 1 saturated heterocycles. The van der Waals surface area contributed by atoms with Crippen molar-refractivity contribution in [2.45, 2.75) is 31.9 Å². The van der Waals surface area contributed by atoms with Crippen molar-refractivity contribution in [2.24, 2.45) is 0 Å². The second-order valence-corrected chi connectivity index (χ2v) is 9.71. The van der Waals surface area contributed by atoms with Gasteiger partial charge >= 0.3 is 0 Å². The number of aromatic nitrogens is 2. The molecule has 2 aromatic heterocycles. The molecule has 1 aliphatic carbocycles. The second-order valence-electron chi connectivity index (χ2n) is 7.91. The van der Waals surface area contributed by atoms with Gasteiger partial charge in [0.1, 0.15) is 5.65 Å². The van der Waals surface area contributed by atoms with E-state index in [2.05, 4.69) is 63.1 Å². The summed E-state index contributed by atoms with van der Waals surface area (Å²) in [6.07, 6.45) is 7.01. The number of halogens is 1. The third-order valence-corrected chi connectivity index (χ3v) is 7.49. The zero-order chi connectivity index (χ0) is 19.3. The third-order valence-electron chi connectivity index (χ3n) is 5.65. The fourth-order valence-corrected chi connectivity index (χ4v) is 5.14. The van der Waals surface area contributed by atoms with Crippen molar-refractivity contribution in [2.75, 3.05) is 31.1 Å². The smallest absolute Gasteiger partial charge is 0.139 e. The number of pyridine rings is 1. The number of anilines is 1. The van der Waals surface area contributed by atoms with Crippen LogP contribution in [0.4, 0.5) is 5.69 Å². The second kappa shape index (κ2) is 7.29. The van der Waals surface area contributed by atoms with Gasteiger partial charge in [0.2, 0.25) is 0 Å². The molecule has 0 atom stereocenters. The number of hydrogen-bond donors (Lipinski definition) is 0. The van der Waals surface area contributed by atoms with Gasteiger partial charge in [-0.15, -0.1) is 0 Å². The Hall–Kier alpha value is -1.69. The summed E-state index contributed by atoms with van der Waals surface area (Å²) < 4.78 is 4.65. The van der Waals surface area contributed by atoms with E-state index in [9.17, 15) is 0 Å². The van der Waals surface area contributed by atoms with Crippen LogP contribution in [0.15, 0.2) is 36.7 Å². The van der Waals surface area contributed by atoms with Crippen molar-refractivity contribution in [1.29, 1.82) is 0 Å². The van der Waals surface area contributed by atoms with Crippen molar-refractivity contribution in [3.63, 3.8) is 0 Å². The lowest BCUT2D eigenvalue weighted by atomic mass is 10.0. The van der Waals surface area contributed by atoms with Gasteiger partial charge in [-0.05, 0) is 49.9 Å². The molecule has 146 valence electrons. The lowest BCUT2D eigenvalue weighted by molar-refractivity contribution is 0.429. The van der Waals surface area contributed by atoms with Crippen LogP contribution in [0.1, 0.15) is 24.0 Å². The van der Waals surface area contributed by atoms with Gasteiger partial charge in [0.05, 0.1) is 5.69 Å². The van der Waals surface area contributed by atoms with Crippen molar-refractivity contribution in [3.05, 3.63) is 52.8 Å². The molecule has 1 aromatic carbocycles. The lowest BCUT2D eigenvalue weighted by Gasteiger charge is -2.35. The van der Waals surface area contributed by atoms with Gasteiger partial charge in [0.25, 0.3) is 0 Å². The average molecular weight is 413 g/mol. The van der Waals surface area contributed by atoms with E-state index in [-0.39, 0.29) is 0 Å². The summed E-state index contributed by atoms with van der Waals surface area (Å²) in [6, 6.07) is 8.58. The fourth-order valence-electron chi connectivity index (χ4n) is 3.84. The normalized spacial score (nSPS) is 18.2. The number of aryl methyl sites for hydroxylation is 2. The predicted octanol–water partition coefficient (Wildman–Crippen LogP) is 5.20. The number of fused-ring (bicyclic) bond motifs is 1. The van der Waals surface area contributed by atoms with Gasteiger partial charge in [-0.2, -0.15) is 0 Å². The van der Waals surface area contributed by atoms with E-state index < -0.39 is 0 Å². The highest BCUT2D eigenvalue weighted by Crippen LogP contribution is 2.37. The number of nitrogens with zero attached hydrogens (tertiary/aromatic N) is 4. The largest absolute Gasteiger partial charge is 0.369 e. The highest BCUT2D eigenvalue weighted by molar-refractivity contribution is 7.97. The minimum atomic E-state index is 0.792. The summed E-state index contributed by atoms with van der Waals surface area (Å²) in [7, 11) is 0. The maximum Gasteiger partial charge on any atom is 0.139 e. The molecule has 1 saturated carbocycles. The molecule has 0 N–H and O–H groups in total. The molecule has 0 spiro atoms. The molecule has 4 nitrogen and oxygen atoms in total. The molecule has 5 rings (SSSR count). The maximum atomic E-state index is 6.36. The van der Waals surface area contributed by atoms with E-state index in [1.807, 2.05) is 13.0 Å². The Morgan fingerprint density at radius 1 is 1.04 bits per heavy atom. The van der Waals surface area contributed by atoms with Crippen LogP contribution in [0.5, 0.6) is 0 Å². The molecule has 0 bridgehead atoms. The summed E-state index contributed by atoms with van der Waals surface area (Å²) in [5.74, 6) is 0. The van der Waals surface area contributed by atoms with Crippen LogP contribution < -0.4 is 4.90 Å². The first-order valence-corrected chi connectivity index (χ1v) is 11.2. The summed E-state index contributed by atoms with van der Waals surface area (Å²) in [4.78, 5) is 7.37. The molecule has 28 heavy (non-hydrogen) atoms. The topological polar surface area (TPSA) is 23.8 Å². The van der Waals surface area contributed by atoms with Gasteiger partial charge in [-0.25, -0.2) is 9.29 Å². The first kappa shape index (κ1) is 18.3. The summed E-state index contributed by atoms with van der Waals surface area (Å²) in [6.45, 7) is 8.58. The number of benzene rings is 1. The van der Waals surface area contributed by atoms with E-state index in [0.29, 0.717) is 0 Å². The Labute approximate surface area is 175 Å². The van der Waals surface area contributed by atoms with Crippen LogP contribution in [0.3, 0.4) is 0 Å². The molecule has 3 aromatic rings. The molecular formula is C22H25ClN4S.